The molecular formula is C29H42N4O4. The molecule has 0 bridgehead atoms. The van der Waals surface area contributed by atoms with Gasteiger partial charge in [0.15, 0.2) is 5.78 Å². The predicted octanol–water partition coefficient (Wildman–Crippen LogP) is 2.65. The second-order valence-corrected chi connectivity index (χ2v) is 12.3. The number of amides is 3. The van der Waals surface area contributed by atoms with Gasteiger partial charge >= 0.3 is 0 Å². The molecule has 2 N–H and O–H groups in total. The van der Waals surface area contributed by atoms with Crippen LogP contribution in [0.3, 0.4) is 0 Å². The Balaban J connectivity index is 1.47. The lowest BCUT2D eigenvalue weighted by Gasteiger charge is -2.31. The van der Waals surface area contributed by atoms with Crippen LogP contribution in [0.2, 0.25) is 0 Å². The number of piperidine rings is 1. The Morgan fingerprint density at radius 1 is 1.05 bits per heavy atom. The first-order chi connectivity index (χ1) is 17.5. The largest absolute Gasteiger partial charge is 0.340 e. The van der Waals surface area contributed by atoms with Crippen molar-refractivity contribution in [2.45, 2.75) is 96.3 Å². The first-order valence-electron chi connectivity index (χ1n) is 13.8. The number of likely N-dealkylation sites (tertiary alicyclic amines) is 2. The van der Waals surface area contributed by atoms with E-state index in [0.717, 1.165) is 31.4 Å². The van der Waals surface area contributed by atoms with E-state index in [1.807, 2.05) is 26.0 Å². The number of ketones is 1. The molecular weight excluding hydrogens is 468 g/mol. The highest BCUT2D eigenvalue weighted by atomic mass is 16.2. The molecule has 8 nitrogen and oxygen atoms in total. The smallest absolute Gasteiger partial charge is 0.251 e. The molecule has 4 atom stereocenters. The molecule has 3 aliphatic rings. The van der Waals surface area contributed by atoms with Crippen LogP contribution in [0.15, 0.2) is 24.3 Å². The molecule has 3 saturated heterocycles. The van der Waals surface area contributed by atoms with Gasteiger partial charge in [0.2, 0.25) is 11.8 Å². The van der Waals surface area contributed by atoms with Gasteiger partial charge in [-0.3, -0.25) is 19.2 Å². The van der Waals surface area contributed by atoms with Gasteiger partial charge in [-0.05, 0) is 61.3 Å². The van der Waals surface area contributed by atoms with Gasteiger partial charge < -0.3 is 20.4 Å². The number of benzene rings is 1. The minimum atomic E-state index is -0.730. The molecule has 3 amide bonds. The number of rotatable bonds is 6. The molecule has 8 heteroatoms. The molecule has 3 aliphatic heterocycles. The van der Waals surface area contributed by atoms with Gasteiger partial charge in [0.1, 0.15) is 12.1 Å². The molecule has 0 spiro atoms. The number of nitrogens with zero attached hydrogens (tertiary/aromatic N) is 2. The first-order valence-corrected chi connectivity index (χ1v) is 13.8. The zero-order valence-corrected chi connectivity index (χ0v) is 22.9. The minimum Gasteiger partial charge on any atom is -0.340 e. The number of hydrogen-bond donors (Lipinski definition) is 2. The Bertz CT molecular complexity index is 1020. The van der Waals surface area contributed by atoms with Crippen molar-refractivity contribution < 1.29 is 19.2 Å². The SMILES string of the molecule is CC(C)CC(NC(=O)c1ccc(C(C)(C)C)cc1)C(=O)N1CCC2C1C(=O)CN2C(=O)C1CCCCN1. The van der Waals surface area contributed by atoms with Gasteiger partial charge in [0.05, 0.1) is 18.6 Å². The van der Waals surface area contributed by atoms with E-state index in [2.05, 4.69) is 31.4 Å². The molecule has 1 aromatic rings. The van der Waals surface area contributed by atoms with E-state index in [1.54, 1.807) is 21.9 Å². The molecule has 4 unspecified atom stereocenters. The second kappa shape index (κ2) is 10.9. The summed E-state index contributed by atoms with van der Waals surface area (Å²) in [6, 6.07) is 5.59. The molecule has 0 saturated carbocycles. The van der Waals surface area contributed by atoms with Crippen molar-refractivity contribution in [3.05, 3.63) is 35.4 Å². The summed E-state index contributed by atoms with van der Waals surface area (Å²) in [6.45, 7) is 11.6. The standard InChI is InChI=1S/C29H42N4O4/c1-18(2)16-22(31-26(35)19-9-11-20(12-10-19)29(3,4)5)28(37)32-15-13-23-25(32)24(34)17-33(23)27(36)21-8-6-7-14-30-21/h9-12,18,21-23,25,30H,6-8,13-17H2,1-5H3,(H,31,35). The van der Waals surface area contributed by atoms with Gasteiger partial charge in [-0.2, -0.15) is 0 Å². The van der Waals surface area contributed by atoms with Crippen LogP contribution in [0.25, 0.3) is 0 Å². The number of nitrogens with one attached hydrogen (secondary N) is 2. The maximum Gasteiger partial charge on any atom is 0.251 e. The van der Waals surface area contributed by atoms with Gasteiger partial charge in [-0.15, -0.1) is 0 Å². The monoisotopic (exact) mass is 510 g/mol. The third-order valence-corrected chi connectivity index (χ3v) is 7.92. The Morgan fingerprint density at radius 2 is 1.76 bits per heavy atom. The van der Waals surface area contributed by atoms with Crippen molar-refractivity contribution in [2.75, 3.05) is 19.6 Å². The fourth-order valence-electron chi connectivity index (χ4n) is 5.88. The summed E-state index contributed by atoms with van der Waals surface area (Å²) < 4.78 is 0. The maximum atomic E-state index is 13.7. The number of fused-ring (bicyclic) bond motifs is 1. The predicted molar refractivity (Wildman–Crippen MR) is 142 cm³/mol. The molecule has 37 heavy (non-hydrogen) atoms. The van der Waals surface area contributed by atoms with Crippen LogP contribution in [0.5, 0.6) is 0 Å². The van der Waals surface area contributed by atoms with Gasteiger partial charge in [0, 0.05) is 12.1 Å². The number of hydrogen-bond acceptors (Lipinski definition) is 5. The fourth-order valence-corrected chi connectivity index (χ4v) is 5.88. The number of carbonyl (C=O) groups excluding carboxylic acids is 4. The summed E-state index contributed by atoms with van der Waals surface area (Å²) in [5.41, 5.74) is 1.61. The highest BCUT2D eigenvalue weighted by Gasteiger charge is 2.53. The second-order valence-electron chi connectivity index (χ2n) is 12.3. The van der Waals surface area contributed by atoms with Crippen LogP contribution in [-0.2, 0) is 19.8 Å². The highest BCUT2D eigenvalue weighted by molar-refractivity contribution is 6.01. The van der Waals surface area contributed by atoms with E-state index in [0.29, 0.717) is 24.9 Å². The van der Waals surface area contributed by atoms with Crippen molar-refractivity contribution in [1.29, 1.82) is 0 Å². The molecule has 3 heterocycles. The number of Topliss-reactive ketones (excluding diaryl/α,β-unsaturated/α-hetero) is 1. The molecule has 202 valence electrons. The van der Waals surface area contributed by atoms with E-state index in [1.165, 1.54) is 0 Å². The van der Waals surface area contributed by atoms with E-state index < -0.39 is 12.1 Å². The summed E-state index contributed by atoms with van der Waals surface area (Å²) in [4.78, 5) is 56.4. The molecule has 4 rings (SSSR count). The average molecular weight is 511 g/mol. The zero-order valence-electron chi connectivity index (χ0n) is 22.9. The van der Waals surface area contributed by atoms with Crippen molar-refractivity contribution >= 4 is 23.5 Å². The molecule has 0 aliphatic carbocycles. The van der Waals surface area contributed by atoms with Crippen LogP contribution >= 0.6 is 0 Å². The van der Waals surface area contributed by atoms with Crippen molar-refractivity contribution in [1.82, 2.24) is 20.4 Å². The Hall–Kier alpha value is -2.74. The quantitative estimate of drug-likeness (QED) is 0.613. The molecule has 1 aromatic carbocycles. The average Bonchev–Trinajstić information content (AvgIpc) is 3.44. The summed E-state index contributed by atoms with van der Waals surface area (Å²) in [5, 5.41) is 6.23. The van der Waals surface area contributed by atoms with Gasteiger partial charge in [0.25, 0.3) is 5.91 Å². The van der Waals surface area contributed by atoms with Crippen molar-refractivity contribution in [3.63, 3.8) is 0 Å². The zero-order chi connectivity index (χ0) is 26.9. The third-order valence-electron chi connectivity index (χ3n) is 7.92. The normalized spacial score (nSPS) is 24.8. The summed E-state index contributed by atoms with van der Waals surface area (Å²) in [6.07, 6.45) is 3.89. The van der Waals surface area contributed by atoms with E-state index in [4.69, 9.17) is 0 Å². The van der Waals surface area contributed by atoms with Gasteiger partial charge in [-0.1, -0.05) is 53.2 Å². The van der Waals surface area contributed by atoms with Gasteiger partial charge in [-0.25, -0.2) is 0 Å². The van der Waals surface area contributed by atoms with Crippen LogP contribution in [0.4, 0.5) is 0 Å². The van der Waals surface area contributed by atoms with E-state index >= 15 is 0 Å². The lowest BCUT2D eigenvalue weighted by molar-refractivity contribution is -0.138. The van der Waals surface area contributed by atoms with Crippen LogP contribution in [-0.4, -0.2) is 77.1 Å². The number of carbonyl (C=O) groups is 4. The molecule has 3 fully saturated rings. The third kappa shape index (κ3) is 5.89. The molecule has 0 aromatic heterocycles. The first kappa shape index (κ1) is 27.3. The van der Waals surface area contributed by atoms with E-state index in [-0.39, 0.29) is 53.5 Å². The van der Waals surface area contributed by atoms with E-state index in [9.17, 15) is 19.2 Å². The molecule has 0 radical (unpaired) electrons. The Labute approximate surface area is 220 Å². The van der Waals surface area contributed by atoms with Crippen LogP contribution in [0, 0.1) is 5.92 Å². The van der Waals surface area contributed by atoms with Crippen LogP contribution < -0.4 is 10.6 Å². The maximum absolute atomic E-state index is 13.7. The summed E-state index contributed by atoms with van der Waals surface area (Å²) in [7, 11) is 0. The Morgan fingerprint density at radius 3 is 2.35 bits per heavy atom. The lowest BCUT2D eigenvalue weighted by Crippen LogP contribution is -2.53. The topological polar surface area (TPSA) is 98.8 Å². The van der Waals surface area contributed by atoms with Crippen molar-refractivity contribution in [2.24, 2.45) is 5.92 Å². The Kier molecular flexibility index (Phi) is 8.07. The van der Waals surface area contributed by atoms with Crippen molar-refractivity contribution in [3.8, 4) is 0 Å². The minimum absolute atomic E-state index is 0.0203. The fraction of sp³-hybridized carbons (Fsp3) is 0.655. The summed E-state index contributed by atoms with van der Waals surface area (Å²) >= 11 is 0. The summed E-state index contributed by atoms with van der Waals surface area (Å²) in [5.74, 6) is -0.480. The van der Waals surface area contributed by atoms with Crippen LogP contribution in [0.1, 0.15) is 82.6 Å². The highest BCUT2D eigenvalue weighted by Crippen LogP contribution is 2.32. The lowest BCUT2D eigenvalue weighted by atomic mass is 9.86.